The number of allylic oxidation sites excluding steroid dienone is 2. The molecule has 0 spiro atoms. The van der Waals surface area contributed by atoms with Gasteiger partial charge in [0.1, 0.15) is 11.5 Å². The summed E-state index contributed by atoms with van der Waals surface area (Å²) in [6.07, 6.45) is 6.39. The minimum absolute atomic E-state index is 0.155. The second-order valence-corrected chi connectivity index (χ2v) is 7.96. The summed E-state index contributed by atoms with van der Waals surface area (Å²) in [6.45, 7) is 1.88. The molecule has 0 N–H and O–H groups in total. The van der Waals surface area contributed by atoms with Crippen molar-refractivity contribution in [2.24, 2.45) is 28.8 Å². The zero-order valence-corrected chi connectivity index (χ0v) is 16.6. The Morgan fingerprint density at radius 3 is 2.47 bits per heavy atom. The zero-order valence-electron chi connectivity index (χ0n) is 16.6. The minimum atomic E-state index is -0.398. The lowest BCUT2D eigenvalue weighted by Gasteiger charge is -2.13. The molecule has 30 heavy (non-hydrogen) atoms. The largest absolute Gasteiger partial charge is 0.465 e. The number of ether oxygens (including phenoxy) is 1. The van der Waals surface area contributed by atoms with E-state index in [1.165, 1.54) is 13.3 Å². The number of hydrogen-bond donors (Lipinski definition) is 0. The maximum atomic E-state index is 12.7. The molecule has 2 aliphatic carbocycles. The van der Waals surface area contributed by atoms with Crippen LogP contribution in [0.3, 0.4) is 0 Å². The summed E-state index contributed by atoms with van der Waals surface area (Å²) in [4.78, 5) is 37.0. The highest BCUT2D eigenvalue weighted by molar-refractivity contribution is 6.06. The molecule has 4 unspecified atom stereocenters. The van der Waals surface area contributed by atoms with Gasteiger partial charge in [-0.15, -0.1) is 0 Å². The Hall–Kier alpha value is -3.48. The number of esters is 1. The number of furan rings is 1. The van der Waals surface area contributed by atoms with E-state index in [1.807, 2.05) is 6.92 Å². The summed E-state index contributed by atoms with van der Waals surface area (Å²) in [5.41, 5.74) is 2.15. The van der Waals surface area contributed by atoms with E-state index < -0.39 is 5.97 Å². The first-order chi connectivity index (χ1) is 14.5. The number of carbonyl (C=O) groups excluding carboxylic acids is 3. The van der Waals surface area contributed by atoms with E-state index >= 15 is 0 Å². The Kier molecular flexibility index (Phi) is 4.20. The number of imide groups is 1. The second kappa shape index (κ2) is 6.79. The second-order valence-electron chi connectivity index (χ2n) is 7.96. The van der Waals surface area contributed by atoms with E-state index in [-0.39, 0.29) is 35.5 Å². The minimum Gasteiger partial charge on any atom is -0.465 e. The van der Waals surface area contributed by atoms with Crippen LogP contribution in [0.2, 0.25) is 0 Å². The van der Waals surface area contributed by atoms with Gasteiger partial charge in [0.2, 0.25) is 0 Å². The van der Waals surface area contributed by atoms with Crippen LogP contribution in [0.25, 0.3) is 11.3 Å². The highest BCUT2D eigenvalue weighted by Gasteiger charge is 2.59. The number of nitrogens with zero attached hydrogens (tertiary/aromatic N) is 2. The number of aryl methyl sites for hydroxylation is 1. The number of methoxy groups -OCH3 is 1. The van der Waals surface area contributed by atoms with Gasteiger partial charge in [0.05, 0.1) is 30.7 Å². The Bertz CT molecular complexity index is 1100. The maximum absolute atomic E-state index is 12.7. The van der Waals surface area contributed by atoms with Gasteiger partial charge in [0.25, 0.3) is 11.8 Å². The van der Waals surface area contributed by atoms with Crippen molar-refractivity contribution in [1.82, 2.24) is 5.01 Å². The predicted octanol–water partition coefficient (Wildman–Crippen LogP) is 3.18. The highest BCUT2D eigenvalue weighted by Crippen LogP contribution is 2.52. The number of fused-ring (bicyclic) bond motifs is 5. The first-order valence-electron chi connectivity index (χ1n) is 9.87. The van der Waals surface area contributed by atoms with Gasteiger partial charge >= 0.3 is 5.97 Å². The van der Waals surface area contributed by atoms with Crippen LogP contribution in [0.15, 0.2) is 52.0 Å². The summed E-state index contributed by atoms with van der Waals surface area (Å²) < 4.78 is 10.6. The van der Waals surface area contributed by atoms with Crippen LogP contribution < -0.4 is 0 Å². The molecule has 2 fully saturated rings. The van der Waals surface area contributed by atoms with Crippen molar-refractivity contribution in [3.63, 3.8) is 0 Å². The molecule has 2 heterocycles. The summed E-state index contributed by atoms with van der Waals surface area (Å²) >= 11 is 0. The Labute approximate surface area is 173 Å². The molecule has 7 heteroatoms. The van der Waals surface area contributed by atoms with Crippen LogP contribution in [-0.4, -0.2) is 36.1 Å². The molecule has 152 valence electrons. The standard InChI is InChI=1S/C23H20N2O5/c1-12-9-15(23(28)29-2)5-7-17(12)18-8-6-16(30-18)11-24-25-21(26)19-13-3-4-14(10-13)20(19)22(25)27/h3-9,11,13-14,19-20H,10H2,1-2H3. The molecular formula is C23H20N2O5. The van der Waals surface area contributed by atoms with E-state index in [1.54, 1.807) is 30.3 Å². The number of rotatable bonds is 4. The quantitative estimate of drug-likeness (QED) is 0.338. The van der Waals surface area contributed by atoms with Crippen LogP contribution in [0.1, 0.15) is 28.1 Å². The van der Waals surface area contributed by atoms with E-state index in [0.717, 1.165) is 22.6 Å². The first kappa shape index (κ1) is 18.5. The van der Waals surface area contributed by atoms with Crippen molar-refractivity contribution in [2.45, 2.75) is 13.3 Å². The summed E-state index contributed by atoms with van der Waals surface area (Å²) in [5, 5.41) is 5.14. The van der Waals surface area contributed by atoms with Gasteiger partial charge in [-0.05, 0) is 55.0 Å². The Balaban J connectivity index is 1.35. The molecule has 3 aliphatic rings. The fraction of sp³-hybridized carbons (Fsp3) is 0.304. The summed E-state index contributed by atoms with van der Waals surface area (Å²) in [7, 11) is 1.34. The van der Waals surface area contributed by atoms with Crippen LogP contribution in [0, 0.1) is 30.6 Å². The van der Waals surface area contributed by atoms with Crippen molar-refractivity contribution in [3.8, 4) is 11.3 Å². The molecule has 5 rings (SSSR count). The number of benzene rings is 1. The van der Waals surface area contributed by atoms with Gasteiger partial charge in [-0.2, -0.15) is 10.1 Å². The van der Waals surface area contributed by atoms with Crippen LogP contribution in [-0.2, 0) is 14.3 Å². The number of hydrazone groups is 1. The molecule has 7 nitrogen and oxygen atoms in total. The fourth-order valence-corrected chi connectivity index (χ4v) is 4.87. The van der Waals surface area contributed by atoms with Gasteiger partial charge in [-0.1, -0.05) is 18.2 Å². The third kappa shape index (κ3) is 2.73. The predicted molar refractivity (Wildman–Crippen MR) is 107 cm³/mol. The number of carbonyl (C=O) groups is 3. The molecule has 0 radical (unpaired) electrons. The van der Waals surface area contributed by atoms with E-state index in [2.05, 4.69) is 17.3 Å². The molecule has 2 amide bonds. The van der Waals surface area contributed by atoms with Crippen LogP contribution in [0.4, 0.5) is 0 Å². The molecule has 2 bridgehead atoms. The molecule has 2 aromatic rings. The van der Waals surface area contributed by atoms with E-state index in [9.17, 15) is 14.4 Å². The van der Waals surface area contributed by atoms with Crippen LogP contribution in [0.5, 0.6) is 0 Å². The van der Waals surface area contributed by atoms with Crippen molar-refractivity contribution >= 4 is 24.0 Å². The van der Waals surface area contributed by atoms with Gasteiger partial charge in [-0.3, -0.25) is 9.59 Å². The molecule has 1 aliphatic heterocycles. The Morgan fingerprint density at radius 1 is 1.13 bits per heavy atom. The molecule has 1 aromatic heterocycles. The highest BCUT2D eigenvalue weighted by atomic mass is 16.5. The van der Waals surface area contributed by atoms with Gasteiger partial charge in [0, 0.05) is 5.56 Å². The van der Waals surface area contributed by atoms with Crippen molar-refractivity contribution in [1.29, 1.82) is 0 Å². The van der Waals surface area contributed by atoms with Crippen LogP contribution >= 0.6 is 0 Å². The SMILES string of the molecule is COC(=O)c1ccc(-c2ccc(C=NN3C(=O)C4C5C=CC(C5)C4C3=O)o2)c(C)c1. The lowest BCUT2D eigenvalue weighted by Crippen LogP contribution is -2.28. The average Bonchev–Trinajstić information content (AvgIpc) is 3.51. The molecular weight excluding hydrogens is 384 g/mol. The lowest BCUT2D eigenvalue weighted by molar-refractivity contribution is -0.140. The molecule has 4 atom stereocenters. The van der Waals surface area contributed by atoms with Crippen molar-refractivity contribution in [2.75, 3.05) is 7.11 Å². The Morgan fingerprint density at radius 2 is 1.83 bits per heavy atom. The number of hydrogen-bond acceptors (Lipinski definition) is 6. The van der Waals surface area contributed by atoms with Crippen molar-refractivity contribution < 1.29 is 23.5 Å². The summed E-state index contributed by atoms with van der Waals surface area (Å²) in [5.74, 6) is -0.0431. The number of amides is 2. The topological polar surface area (TPSA) is 89.2 Å². The smallest absolute Gasteiger partial charge is 0.337 e. The first-order valence-corrected chi connectivity index (χ1v) is 9.87. The van der Waals surface area contributed by atoms with Crippen molar-refractivity contribution in [3.05, 3.63) is 59.4 Å². The molecule has 1 saturated carbocycles. The fourth-order valence-electron chi connectivity index (χ4n) is 4.87. The lowest BCUT2D eigenvalue weighted by atomic mass is 9.85. The van der Waals surface area contributed by atoms with Gasteiger partial charge in [0.15, 0.2) is 0 Å². The molecule has 1 aromatic carbocycles. The zero-order chi connectivity index (χ0) is 21.0. The van der Waals surface area contributed by atoms with Gasteiger partial charge < -0.3 is 9.15 Å². The maximum Gasteiger partial charge on any atom is 0.337 e. The van der Waals surface area contributed by atoms with E-state index in [0.29, 0.717) is 17.1 Å². The third-order valence-corrected chi connectivity index (χ3v) is 6.29. The normalized spacial score (nSPS) is 26.8. The van der Waals surface area contributed by atoms with Gasteiger partial charge in [-0.25, -0.2) is 4.79 Å². The third-order valence-electron chi connectivity index (χ3n) is 6.29. The molecule has 1 saturated heterocycles. The average molecular weight is 404 g/mol. The monoisotopic (exact) mass is 404 g/mol. The van der Waals surface area contributed by atoms with E-state index in [4.69, 9.17) is 9.15 Å². The summed E-state index contributed by atoms with van der Waals surface area (Å²) in [6, 6.07) is 8.71.